The largest absolute Gasteiger partial charge is 0.294 e. The van der Waals surface area contributed by atoms with Crippen molar-refractivity contribution in [1.82, 2.24) is 9.55 Å². The second kappa shape index (κ2) is 4.99. The van der Waals surface area contributed by atoms with Gasteiger partial charge in [0, 0.05) is 17.0 Å². The Morgan fingerprint density at radius 1 is 0.909 bits per heavy atom. The van der Waals surface area contributed by atoms with E-state index in [1.165, 1.54) is 32.9 Å². The molecule has 2 aromatic carbocycles. The Kier molecular flexibility index (Phi) is 2.97. The number of para-hydroxylation sites is 1. The number of aromatic nitrogens is 2. The van der Waals surface area contributed by atoms with E-state index in [1.54, 1.807) is 0 Å². The second-order valence-corrected chi connectivity index (χ2v) is 5.75. The summed E-state index contributed by atoms with van der Waals surface area (Å²) in [6, 6.07) is 19.5. The van der Waals surface area contributed by atoms with E-state index >= 15 is 0 Å². The Bertz CT molecular complexity index is 980. The van der Waals surface area contributed by atoms with Crippen LogP contribution >= 0.6 is 0 Å². The molecule has 0 amide bonds. The SMILES string of the molecule is CCc1ccnc(-n2c3ccccc3c3cc(C)ccc32)c1. The third kappa shape index (κ3) is 1.92. The molecule has 0 N–H and O–H groups in total. The minimum absolute atomic E-state index is 0.995. The van der Waals surface area contributed by atoms with Gasteiger partial charge in [-0.15, -0.1) is 0 Å². The van der Waals surface area contributed by atoms with Crippen LogP contribution in [0.3, 0.4) is 0 Å². The number of aryl methyl sites for hydroxylation is 2. The third-order valence-corrected chi connectivity index (χ3v) is 4.28. The predicted molar refractivity (Wildman–Crippen MR) is 92.7 cm³/mol. The molecule has 2 nitrogen and oxygen atoms in total. The standard InChI is InChI=1S/C20H18N2/c1-3-15-10-11-21-20(13-15)22-18-7-5-4-6-16(18)17-12-14(2)8-9-19(17)22/h4-13H,3H2,1-2H3. The summed E-state index contributed by atoms with van der Waals surface area (Å²) in [4.78, 5) is 4.62. The summed E-state index contributed by atoms with van der Waals surface area (Å²) in [5.74, 6) is 0.995. The molecule has 0 saturated carbocycles. The lowest BCUT2D eigenvalue weighted by molar-refractivity contribution is 1.04. The minimum atomic E-state index is 0.995. The van der Waals surface area contributed by atoms with Crippen LogP contribution in [0, 0.1) is 6.92 Å². The molecule has 0 unspecified atom stereocenters. The van der Waals surface area contributed by atoms with Gasteiger partial charge in [-0.3, -0.25) is 4.57 Å². The molecule has 0 atom stereocenters. The van der Waals surface area contributed by atoms with E-state index in [0.717, 1.165) is 12.2 Å². The van der Waals surface area contributed by atoms with Crippen LogP contribution in [-0.4, -0.2) is 9.55 Å². The van der Waals surface area contributed by atoms with Gasteiger partial charge in [-0.05, 0) is 49.2 Å². The van der Waals surface area contributed by atoms with Crippen molar-refractivity contribution in [1.29, 1.82) is 0 Å². The first kappa shape index (κ1) is 13.1. The molecule has 2 heterocycles. The number of pyridine rings is 1. The summed E-state index contributed by atoms with van der Waals surface area (Å²) < 4.78 is 2.27. The number of nitrogens with zero attached hydrogens (tertiary/aromatic N) is 2. The van der Waals surface area contributed by atoms with Gasteiger partial charge >= 0.3 is 0 Å². The summed E-state index contributed by atoms with van der Waals surface area (Å²) in [6.45, 7) is 4.32. The lowest BCUT2D eigenvalue weighted by Crippen LogP contribution is -1.98. The summed E-state index contributed by atoms with van der Waals surface area (Å²) in [5.41, 5.74) is 5.02. The van der Waals surface area contributed by atoms with Crippen molar-refractivity contribution in [2.45, 2.75) is 20.3 Å². The van der Waals surface area contributed by atoms with E-state index in [1.807, 2.05) is 6.20 Å². The Labute approximate surface area is 130 Å². The smallest absolute Gasteiger partial charge is 0.137 e. The lowest BCUT2D eigenvalue weighted by Gasteiger charge is -2.08. The highest BCUT2D eigenvalue weighted by Gasteiger charge is 2.12. The molecular formula is C20H18N2. The van der Waals surface area contributed by atoms with Crippen molar-refractivity contribution < 1.29 is 0 Å². The maximum absolute atomic E-state index is 4.62. The monoisotopic (exact) mass is 286 g/mol. The number of benzene rings is 2. The highest BCUT2D eigenvalue weighted by atomic mass is 15.1. The van der Waals surface area contributed by atoms with Gasteiger partial charge in [-0.25, -0.2) is 4.98 Å². The predicted octanol–water partition coefficient (Wildman–Crippen LogP) is 5.05. The van der Waals surface area contributed by atoms with Gasteiger partial charge in [-0.1, -0.05) is 36.8 Å². The summed E-state index contributed by atoms with van der Waals surface area (Å²) >= 11 is 0. The van der Waals surface area contributed by atoms with Crippen LogP contribution in [0.15, 0.2) is 60.8 Å². The highest BCUT2D eigenvalue weighted by molar-refractivity contribution is 6.09. The van der Waals surface area contributed by atoms with Crippen LogP contribution < -0.4 is 0 Å². The van der Waals surface area contributed by atoms with E-state index in [4.69, 9.17) is 0 Å². The first-order valence-electron chi connectivity index (χ1n) is 7.73. The molecule has 0 radical (unpaired) electrons. The molecule has 4 aromatic rings. The molecule has 0 saturated heterocycles. The molecule has 0 aliphatic carbocycles. The van der Waals surface area contributed by atoms with E-state index in [-0.39, 0.29) is 0 Å². The lowest BCUT2D eigenvalue weighted by atomic mass is 10.1. The van der Waals surface area contributed by atoms with Gasteiger partial charge in [-0.2, -0.15) is 0 Å². The summed E-state index contributed by atoms with van der Waals surface area (Å²) in [6.07, 6.45) is 2.93. The molecular weight excluding hydrogens is 268 g/mol. The normalized spacial score (nSPS) is 11.4. The quantitative estimate of drug-likeness (QED) is 0.504. The topological polar surface area (TPSA) is 17.8 Å². The highest BCUT2D eigenvalue weighted by Crippen LogP contribution is 2.31. The molecule has 2 aromatic heterocycles. The number of rotatable bonds is 2. The molecule has 0 aliphatic heterocycles. The molecule has 4 rings (SSSR count). The van der Waals surface area contributed by atoms with Gasteiger partial charge in [0.05, 0.1) is 11.0 Å². The second-order valence-electron chi connectivity index (χ2n) is 5.75. The van der Waals surface area contributed by atoms with Crippen LogP contribution in [0.4, 0.5) is 0 Å². The molecule has 108 valence electrons. The number of hydrogen-bond donors (Lipinski definition) is 0. The van der Waals surface area contributed by atoms with E-state index < -0.39 is 0 Å². The van der Waals surface area contributed by atoms with Crippen molar-refractivity contribution in [2.24, 2.45) is 0 Å². The molecule has 0 aliphatic rings. The molecule has 0 fully saturated rings. The summed E-state index contributed by atoms with van der Waals surface area (Å²) in [7, 11) is 0. The fourth-order valence-corrected chi connectivity index (χ4v) is 3.14. The first-order chi connectivity index (χ1) is 10.8. The maximum Gasteiger partial charge on any atom is 0.137 e. The molecule has 0 bridgehead atoms. The Balaban J connectivity index is 2.14. The van der Waals surface area contributed by atoms with Crippen LogP contribution in [0.5, 0.6) is 0 Å². The fraction of sp³-hybridized carbons (Fsp3) is 0.150. The van der Waals surface area contributed by atoms with Crippen molar-refractivity contribution in [3.63, 3.8) is 0 Å². The van der Waals surface area contributed by atoms with Crippen molar-refractivity contribution in [3.05, 3.63) is 71.9 Å². The molecule has 22 heavy (non-hydrogen) atoms. The van der Waals surface area contributed by atoms with Crippen LogP contribution in [0.1, 0.15) is 18.1 Å². The average molecular weight is 286 g/mol. The third-order valence-electron chi connectivity index (χ3n) is 4.28. The first-order valence-corrected chi connectivity index (χ1v) is 7.73. The molecule has 0 spiro atoms. The van der Waals surface area contributed by atoms with E-state index in [9.17, 15) is 0 Å². The van der Waals surface area contributed by atoms with Crippen molar-refractivity contribution in [2.75, 3.05) is 0 Å². The Morgan fingerprint density at radius 2 is 1.73 bits per heavy atom. The number of fused-ring (bicyclic) bond motifs is 3. The Hall–Kier alpha value is -2.61. The zero-order valence-electron chi connectivity index (χ0n) is 12.9. The van der Waals surface area contributed by atoms with Crippen LogP contribution in [-0.2, 0) is 6.42 Å². The van der Waals surface area contributed by atoms with Crippen molar-refractivity contribution in [3.8, 4) is 5.82 Å². The van der Waals surface area contributed by atoms with E-state index in [2.05, 4.69) is 78.0 Å². The zero-order chi connectivity index (χ0) is 15.1. The van der Waals surface area contributed by atoms with Crippen molar-refractivity contribution >= 4 is 21.8 Å². The zero-order valence-corrected chi connectivity index (χ0v) is 12.9. The summed E-state index contributed by atoms with van der Waals surface area (Å²) in [5, 5.41) is 2.57. The average Bonchev–Trinajstić information content (AvgIpc) is 2.89. The minimum Gasteiger partial charge on any atom is -0.294 e. The van der Waals surface area contributed by atoms with E-state index in [0.29, 0.717) is 0 Å². The van der Waals surface area contributed by atoms with Crippen LogP contribution in [0.2, 0.25) is 0 Å². The van der Waals surface area contributed by atoms with Crippen LogP contribution in [0.25, 0.3) is 27.6 Å². The fourth-order valence-electron chi connectivity index (χ4n) is 3.14. The van der Waals surface area contributed by atoms with Gasteiger partial charge in [0.2, 0.25) is 0 Å². The van der Waals surface area contributed by atoms with Gasteiger partial charge in [0.15, 0.2) is 0 Å². The van der Waals surface area contributed by atoms with Gasteiger partial charge < -0.3 is 0 Å². The number of hydrogen-bond acceptors (Lipinski definition) is 1. The Morgan fingerprint density at radius 3 is 2.59 bits per heavy atom. The van der Waals surface area contributed by atoms with Gasteiger partial charge in [0.25, 0.3) is 0 Å². The maximum atomic E-state index is 4.62. The van der Waals surface area contributed by atoms with Gasteiger partial charge in [0.1, 0.15) is 5.82 Å². The molecule has 2 heteroatoms.